The van der Waals surface area contributed by atoms with Gasteiger partial charge in [-0.1, -0.05) is 71.7 Å². The van der Waals surface area contributed by atoms with E-state index in [0.717, 1.165) is 33.6 Å². The highest BCUT2D eigenvalue weighted by Gasteiger charge is 2.27. The van der Waals surface area contributed by atoms with Crippen molar-refractivity contribution in [1.82, 2.24) is 0 Å². The van der Waals surface area contributed by atoms with Crippen LogP contribution in [0.5, 0.6) is 5.75 Å². The number of aromatic nitrogens is 1. The third-order valence-corrected chi connectivity index (χ3v) is 6.05. The van der Waals surface area contributed by atoms with E-state index in [0.29, 0.717) is 15.7 Å². The predicted octanol–water partition coefficient (Wildman–Crippen LogP) is 7.98. The first kappa shape index (κ1) is 21.3. The Balaban J connectivity index is 1.89. The van der Waals surface area contributed by atoms with E-state index in [-0.39, 0.29) is 5.75 Å². The molecule has 0 spiro atoms. The molecular weight excluding hydrogens is 449 g/mol. The van der Waals surface area contributed by atoms with Crippen molar-refractivity contribution in [3.05, 3.63) is 125 Å². The molecule has 0 unspecified atom stereocenters. The predicted molar refractivity (Wildman–Crippen MR) is 136 cm³/mol. The van der Waals surface area contributed by atoms with Gasteiger partial charge in [0.2, 0.25) is 11.4 Å². The Hall–Kier alpha value is -3.59. The lowest BCUT2D eigenvalue weighted by Gasteiger charge is -2.13. The highest BCUT2D eigenvalue weighted by Crippen LogP contribution is 2.33. The third kappa shape index (κ3) is 4.36. The summed E-state index contributed by atoms with van der Waals surface area (Å²) in [5, 5.41) is 12.0. The maximum absolute atomic E-state index is 10.9. The number of hydrogen-bond donors (Lipinski definition) is 1. The van der Waals surface area contributed by atoms with Gasteiger partial charge in [0.15, 0.2) is 5.75 Å². The lowest BCUT2D eigenvalue weighted by molar-refractivity contribution is -0.572. The number of phenolic OH excluding ortho intramolecular Hbond substituents is 1. The Morgan fingerprint density at radius 2 is 1.00 bits per heavy atom. The lowest BCUT2D eigenvalue weighted by Crippen LogP contribution is -2.36. The molecule has 2 nitrogen and oxygen atoms in total. The molecule has 0 saturated carbocycles. The summed E-state index contributed by atoms with van der Waals surface area (Å²) < 4.78 is 2.07. The summed E-state index contributed by atoms with van der Waals surface area (Å²) in [5.74, 6) is 0.104. The standard InChI is InChI=1S/C29H19Cl2NO/c30-24-13-11-22(12-14-24)28-18-23(20-7-3-1-4-8-20)17-27(21-9-5-2-6-10-21)32(28)26-16-15-25(31)19-29(26)33/h1-19H/p+1. The normalized spacial score (nSPS) is 10.8. The number of aromatic hydroxyl groups is 1. The zero-order valence-corrected chi connectivity index (χ0v) is 19.1. The second-order valence-corrected chi connectivity index (χ2v) is 8.59. The fourth-order valence-corrected chi connectivity index (χ4v) is 4.28. The smallest absolute Gasteiger partial charge is 0.253 e. The quantitative estimate of drug-likeness (QED) is 0.265. The van der Waals surface area contributed by atoms with Gasteiger partial charge in [0.05, 0.1) is 0 Å². The SMILES string of the molecule is Oc1cc(Cl)ccc1-[n+]1c(-c2ccccc2)cc(-c2ccccc2)cc1-c1ccc(Cl)cc1. The van der Waals surface area contributed by atoms with Gasteiger partial charge >= 0.3 is 0 Å². The molecule has 0 aliphatic carbocycles. The van der Waals surface area contributed by atoms with Crippen molar-refractivity contribution < 1.29 is 9.67 Å². The zero-order valence-electron chi connectivity index (χ0n) is 17.6. The Labute approximate surface area is 202 Å². The fourth-order valence-electron chi connectivity index (χ4n) is 3.99. The van der Waals surface area contributed by atoms with Crippen LogP contribution >= 0.6 is 23.2 Å². The van der Waals surface area contributed by atoms with Crippen LogP contribution in [0.1, 0.15) is 0 Å². The van der Waals surface area contributed by atoms with Gasteiger partial charge in [0, 0.05) is 45.4 Å². The maximum Gasteiger partial charge on any atom is 0.253 e. The lowest BCUT2D eigenvalue weighted by atomic mass is 9.98. The number of phenols is 1. The molecule has 4 aromatic carbocycles. The minimum absolute atomic E-state index is 0.104. The van der Waals surface area contributed by atoms with Crippen molar-refractivity contribution in [2.75, 3.05) is 0 Å². The second kappa shape index (κ2) is 9.11. The number of pyridine rings is 1. The molecule has 0 atom stereocenters. The number of nitrogens with zero attached hydrogens (tertiary/aromatic N) is 1. The Morgan fingerprint density at radius 3 is 1.58 bits per heavy atom. The number of rotatable bonds is 4. The van der Waals surface area contributed by atoms with Crippen LogP contribution in [0, 0.1) is 0 Å². The number of benzene rings is 4. The molecule has 4 heteroatoms. The summed E-state index contributed by atoms with van der Waals surface area (Å²) in [6, 6.07) is 37.6. The molecule has 5 rings (SSSR count). The van der Waals surface area contributed by atoms with Gasteiger partial charge in [-0.05, 0) is 53.6 Å². The van der Waals surface area contributed by atoms with Gasteiger partial charge in [-0.2, -0.15) is 0 Å². The van der Waals surface area contributed by atoms with Gasteiger partial charge in [0.1, 0.15) is 0 Å². The fraction of sp³-hybridized carbons (Fsp3) is 0. The molecule has 5 aromatic rings. The van der Waals surface area contributed by atoms with Gasteiger partial charge in [-0.15, -0.1) is 4.57 Å². The van der Waals surface area contributed by atoms with E-state index in [1.807, 2.05) is 66.7 Å². The van der Waals surface area contributed by atoms with E-state index in [4.69, 9.17) is 23.2 Å². The summed E-state index contributed by atoms with van der Waals surface area (Å²) in [7, 11) is 0. The molecule has 33 heavy (non-hydrogen) atoms. The minimum Gasteiger partial charge on any atom is -0.502 e. The van der Waals surface area contributed by atoms with E-state index in [2.05, 4.69) is 41.0 Å². The van der Waals surface area contributed by atoms with Gasteiger partial charge in [-0.25, -0.2) is 0 Å². The second-order valence-electron chi connectivity index (χ2n) is 7.72. The molecule has 0 aliphatic heterocycles. The summed E-state index contributed by atoms with van der Waals surface area (Å²) in [4.78, 5) is 0. The van der Waals surface area contributed by atoms with Crippen LogP contribution < -0.4 is 4.57 Å². The molecule has 0 amide bonds. The average molecular weight is 469 g/mol. The Morgan fingerprint density at radius 1 is 0.485 bits per heavy atom. The van der Waals surface area contributed by atoms with Crippen LogP contribution in [0.4, 0.5) is 0 Å². The molecule has 1 aromatic heterocycles. The first-order valence-electron chi connectivity index (χ1n) is 10.6. The first-order valence-corrected chi connectivity index (χ1v) is 11.3. The highest BCUT2D eigenvalue weighted by molar-refractivity contribution is 6.31. The largest absolute Gasteiger partial charge is 0.502 e. The maximum atomic E-state index is 10.9. The average Bonchev–Trinajstić information content (AvgIpc) is 2.85. The monoisotopic (exact) mass is 468 g/mol. The molecule has 0 bridgehead atoms. The van der Waals surface area contributed by atoms with Crippen molar-refractivity contribution in [2.45, 2.75) is 0 Å². The van der Waals surface area contributed by atoms with Crippen molar-refractivity contribution in [2.24, 2.45) is 0 Å². The molecule has 0 aliphatic rings. The summed E-state index contributed by atoms with van der Waals surface area (Å²) in [5.41, 5.74) is 6.69. The van der Waals surface area contributed by atoms with Crippen molar-refractivity contribution in [1.29, 1.82) is 0 Å². The molecule has 0 saturated heterocycles. The summed E-state index contributed by atoms with van der Waals surface area (Å²) in [6.07, 6.45) is 0. The number of hydrogen-bond acceptors (Lipinski definition) is 1. The third-order valence-electron chi connectivity index (χ3n) is 5.56. The molecule has 160 valence electrons. The van der Waals surface area contributed by atoms with Crippen LogP contribution in [0.2, 0.25) is 10.0 Å². The molecule has 0 radical (unpaired) electrons. The van der Waals surface area contributed by atoms with Crippen LogP contribution in [-0.4, -0.2) is 5.11 Å². The van der Waals surface area contributed by atoms with E-state index >= 15 is 0 Å². The molecule has 1 heterocycles. The molecular formula is C29H20Cl2NO+. The van der Waals surface area contributed by atoms with E-state index < -0.39 is 0 Å². The van der Waals surface area contributed by atoms with Crippen molar-refractivity contribution in [3.8, 4) is 45.1 Å². The van der Waals surface area contributed by atoms with Crippen LogP contribution in [0.25, 0.3) is 39.3 Å². The Bertz CT molecular complexity index is 1420. The highest BCUT2D eigenvalue weighted by atomic mass is 35.5. The van der Waals surface area contributed by atoms with E-state index in [1.165, 1.54) is 0 Å². The van der Waals surface area contributed by atoms with Crippen molar-refractivity contribution in [3.63, 3.8) is 0 Å². The Kier molecular flexibility index (Phi) is 5.87. The minimum atomic E-state index is 0.104. The first-order chi connectivity index (χ1) is 16.1. The topological polar surface area (TPSA) is 24.1 Å². The number of halogens is 2. The van der Waals surface area contributed by atoms with Gasteiger partial charge < -0.3 is 5.11 Å². The van der Waals surface area contributed by atoms with Crippen molar-refractivity contribution >= 4 is 23.2 Å². The van der Waals surface area contributed by atoms with Crippen LogP contribution in [0.15, 0.2) is 115 Å². The zero-order chi connectivity index (χ0) is 22.8. The van der Waals surface area contributed by atoms with E-state index in [1.54, 1.807) is 12.1 Å². The molecule has 1 N–H and O–H groups in total. The van der Waals surface area contributed by atoms with Gasteiger partial charge in [0.25, 0.3) is 5.69 Å². The van der Waals surface area contributed by atoms with Crippen LogP contribution in [-0.2, 0) is 0 Å². The van der Waals surface area contributed by atoms with Crippen LogP contribution in [0.3, 0.4) is 0 Å². The van der Waals surface area contributed by atoms with E-state index in [9.17, 15) is 5.11 Å². The van der Waals surface area contributed by atoms with Gasteiger partial charge in [-0.3, -0.25) is 0 Å². The molecule has 0 fully saturated rings. The summed E-state index contributed by atoms with van der Waals surface area (Å²) >= 11 is 12.3. The summed E-state index contributed by atoms with van der Waals surface area (Å²) in [6.45, 7) is 0.